The van der Waals surface area contributed by atoms with Crippen molar-refractivity contribution in [1.82, 2.24) is 10.3 Å². The molecule has 1 saturated heterocycles. The fraction of sp³-hybridized carbons (Fsp3) is 0.923. The molecular weight excluding hydrogens is 212 g/mol. The topological polar surface area (TPSA) is 53.6 Å². The zero-order chi connectivity index (χ0) is 12.1. The zero-order valence-corrected chi connectivity index (χ0v) is 11.0. The number of nitrogens with zero attached hydrogens (tertiary/aromatic N) is 2. The van der Waals surface area contributed by atoms with E-state index < -0.39 is 0 Å². The molecule has 0 aromatic carbocycles. The Labute approximate surface area is 105 Å². The Kier molecular flexibility index (Phi) is 4.66. The first-order chi connectivity index (χ1) is 8.33. The second kappa shape index (κ2) is 6.24. The lowest BCUT2D eigenvalue weighted by molar-refractivity contribution is 0.419. The van der Waals surface area contributed by atoms with Gasteiger partial charge in [-0.2, -0.15) is 0 Å². The molecule has 0 aromatic rings. The first kappa shape index (κ1) is 12.7. The van der Waals surface area contributed by atoms with E-state index in [4.69, 9.17) is 10.8 Å². The highest BCUT2D eigenvalue weighted by atomic mass is 15.4. The smallest absolute Gasteiger partial charge is 0.208 e. The molecule has 98 valence electrons. The summed E-state index contributed by atoms with van der Waals surface area (Å²) in [6.45, 7) is 4.49. The highest BCUT2D eigenvalue weighted by Crippen LogP contribution is 2.22. The van der Waals surface area contributed by atoms with Crippen LogP contribution in [0.25, 0.3) is 0 Å². The molecule has 2 rings (SSSR count). The van der Waals surface area contributed by atoms with Crippen LogP contribution in [0.2, 0.25) is 0 Å². The highest BCUT2D eigenvalue weighted by Gasteiger charge is 2.24. The second-order valence-corrected chi connectivity index (χ2v) is 5.40. The molecule has 0 radical (unpaired) electrons. The van der Waals surface area contributed by atoms with Gasteiger partial charge in [0.2, 0.25) is 5.96 Å². The number of hydrogen-bond acceptors (Lipinski definition) is 2. The van der Waals surface area contributed by atoms with E-state index in [0.717, 1.165) is 25.0 Å². The molecule has 1 unspecified atom stereocenters. The largest absolute Gasteiger partial charge is 0.342 e. The molecule has 1 atom stereocenters. The molecule has 0 bridgehead atoms. The van der Waals surface area contributed by atoms with E-state index in [1.54, 1.807) is 0 Å². The van der Waals surface area contributed by atoms with Gasteiger partial charge in [-0.05, 0) is 25.2 Å². The van der Waals surface area contributed by atoms with Gasteiger partial charge in [0.25, 0.3) is 0 Å². The van der Waals surface area contributed by atoms with E-state index in [1.807, 2.05) is 0 Å². The summed E-state index contributed by atoms with van der Waals surface area (Å²) < 4.78 is 0. The number of hydrazine groups is 1. The van der Waals surface area contributed by atoms with Crippen molar-refractivity contribution in [2.24, 2.45) is 16.8 Å². The van der Waals surface area contributed by atoms with Gasteiger partial charge >= 0.3 is 0 Å². The summed E-state index contributed by atoms with van der Waals surface area (Å²) in [7, 11) is 0. The van der Waals surface area contributed by atoms with Gasteiger partial charge in [0.05, 0.1) is 6.04 Å². The van der Waals surface area contributed by atoms with E-state index in [0.29, 0.717) is 6.04 Å². The van der Waals surface area contributed by atoms with E-state index in [9.17, 15) is 0 Å². The van der Waals surface area contributed by atoms with Crippen LogP contribution in [0.5, 0.6) is 0 Å². The molecule has 1 heterocycles. The summed E-state index contributed by atoms with van der Waals surface area (Å²) in [6.07, 6.45) is 9.03. The van der Waals surface area contributed by atoms with Crippen LogP contribution in [0.3, 0.4) is 0 Å². The zero-order valence-electron chi connectivity index (χ0n) is 11.0. The van der Waals surface area contributed by atoms with Crippen LogP contribution in [-0.2, 0) is 0 Å². The molecule has 4 nitrogen and oxygen atoms in total. The van der Waals surface area contributed by atoms with E-state index in [-0.39, 0.29) is 0 Å². The SMILES string of the molecule is CCC1CCN(C(=NC2CCCCC2)NN)C1. The number of rotatable bonds is 2. The minimum absolute atomic E-state index is 0.496. The number of nitrogens with one attached hydrogen (secondary N) is 1. The Morgan fingerprint density at radius 1 is 1.29 bits per heavy atom. The van der Waals surface area contributed by atoms with Gasteiger partial charge in [-0.3, -0.25) is 5.43 Å². The van der Waals surface area contributed by atoms with Crippen molar-refractivity contribution in [1.29, 1.82) is 0 Å². The molecule has 0 aromatic heterocycles. The normalized spacial score (nSPS) is 27.5. The third kappa shape index (κ3) is 3.35. The van der Waals surface area contributed by atoms with Crippen LogP contribution in [0.1, 0.15) is 51.9 Å². The van der Waals surface area contributed by atoms with Crippen LogP contribution in [0, 0.1) is 5.92 Å². The van der Waals surface area contributed by atoms with Gasteiger partial charge in [0.1, 0.15) is 0 Å². The van der Waals surface area contributed by atoms with Crippen LogP contribution < -0.4 is 11.3 Å². The van der Waals surface area contributed by atoms with E-state index in [2.05, 4.69) is 17.2 Å². The van der Waals surface area contributed by atoms with Gasteiger partial charge < -0.3 is 4.90 Å². The molecular formula is C13H26N4. The lowest BCUT2D eigenvalue weighted by Crippen LogP contribution is -2.44. The minimum atomic E-state index is 0.496. The highest BCUT2D eigenvalue weighted by molar-refractivity contribution is 5.79. The summed E-state index contributed by atoms with van der Waals surface area (Å²) in [4.78, 5) is 7.13. The van der Waals surface area contributed by atoms with Crippen molar-refractivity contribution in [3.63, 3.8) is 0 Å². The molecule has 2 aliphatic rings. The molecule has 2 fully saturated rings. The summed E-state index contributed by atoms with van der Waals surface area (Å²) >= 11 is 0. The molecule has 1 aliphatic heterocycles. The number of nitrogens with two attached hydrogens (primary N) is 1. The molecule has 1 saturated carbocycles. The van der Waals surface area contributed by atoms with Gasteiger partial charge in [0, 0.05) is 13.1 Å². The average Bonchev–Trinajstić information content (AvgIpc) is 2.86. The number of aliphatic imine (C=N–C) groups is 1. The van der Waals surface area contributed by atoms with Crippen molar-refractivity contribution in [2.75, 3.05) is 13.1 Å². The molecule has 3 N–H and O–H groups in total. The van der Waals surface area contributed by atoms with Gasteiger partial charge in [-0.15, -0.1) is 0 Å². The minimum Gasteiger partial charge on any atom is -0.342 e. The fourth-order valence-electron chi connectivity index (χ4n) is 2.95. The van der Waals surface area contributed by atoms with E-state index in [1.165, 1.54) is 44.9 Å². The van der Waals surface area contributed by atoms with Crippen molar-refractivity contribution >= 4 is 5.96 Å². The van der Waals surface area contributed by atoms with Crippen molar-refractivity contribution in [3.8, 4) is 0 Å². The third-order valence-electron chi connectivity index (χ3n) is 4.17. The molecule has 0 amide bonds. The molecule has 17 heavy (non-hydrogen) atoms. The first-order valence-corrected chi connectivity index (χ1v) is 7.12. The van der Waals surface area contributed by atoms with Crippen LogP contribution in [-0.4, -0.2) is 30.0 Å². The van der Waals surface area contributed by atoms with Crippen LogP contribution in [0.4, 0.5) is 0 Å². The Bertz CT molecular complexity index is 258. The van der Waals surface area contributed by atoms with Gasteiger partial charge in [-0.25, -0.2) is 10.8 Å². The lowest BCUT2D eigenvalue weighted by Gasteiger charge is -2.24. The monoisotopic (exact) mass is 238 g/mol. The predicted molar refractivity (Wildman–Crippen MR) is 71.6 cm³/mol. The average molecular weight is 238 g/mol. The quantitative estimate of drug-likeness (QED) is 0.334. The Balaban J connectivity index is 1.93. The van der Waals surface area contributed by atoms with Crippen LogP contribution >= 0.6 is 0 Å². The van der Waals surface area contributed by atoms with Gasteiger partial charge in [-0.1, -0.05) is 32.6 Å². The van der Waals surface area contributed by atoms with E-state index >= 15 is 0 Å². The first-order valence-electron chi connectivity index (χ1n) is 7.12. The number of guanidine groups is 1. The van der Waals surface area contributed by atoms with Crippen molar-refractivity contribution in [3.05, 3.63) is 0 Å². The fourth-order valence-corrected chi connectivity index (χ4v) is 2.95. The Morgan fingerprint density at radius 2 is 2.06 bits per heavy atom. The van der Waals surface area contributed by atoms with Gasteiger partial charge in [0.15, 0.2) is 0 Å². The maximum atomic E-state index is 5.63. The predicted octanol–water partition coefficient (Wildman–Crippen LogP) is 1.87. The molecule has 1 aliphatic carbocycles. The standard InChI is InChI=1S/C13H26N4/c1-2-11-8-9-17(10-11)13(16-14)15-12-6-4-3-5-7-12/h11-12H,2-10,14H2,1H3,(H,15,16). The second-order valence-electron chi connectivity index (χ2n) is 5.40. The lowest BCUT2D eigenvalue weighted by atomic mass is 9.96. The summed E-state index contributed by atoms with van der Waals surface area (Å²) in [6, 6.07) is 0.496. The number of hydrogen-bond donors (Lipinski definition) is 2. The third-order valence-corrected chi connectivity index (χ3v) is 4.17. The summed E-state index contributed by atoms with van der Waals surface area (Å²) in [5, 5.41) is 0. The van der Waals surface area contributed by atoms with Crippen molar-refractivity contribution in [2.45, 2.75) is 57.9 Å². The Morgan fingerprint density at radius 3 is 2.65 bits per heavy atom. The van der Waals surface area contributed by atoms with Crippen LogP contribution in [0.15, 0.2) is 4.99 Å². The number of likely N-dealkylation sites (tertiary alicyclic amines) is 1. The molecule has 4 heteroatoms. The maximum absolute atomic E-state index is 5.63. The van der Waals surface area contributed by atoms with Crippen molar-refractivity contribution < 1.29 is 0 Å². The Hall–Kier alpha value is -0.770. The summed E-state index contributed by atoms with van der Waals surface area (Å²) in [5.74, 6) is 7.38. The molecule has 0 spiro atoms. The summed E-state index contributed by atoms with van der Waals surface area (Å²) in [5.41, 5.74) is 2.81. The maximum Gasteiger partial charge on any atom is 0.208 e.